The first-order valence-electron chi connectivity index (χ1n) is 8.69. The lowest BCUT2D eigenvalue weighted by Crippen LogP contribution is -2.72. The third-order valence-electron chi connectivity index (χ3n) is 5.15. The predicted molar refractivity (Wildman–Crippen MR) is 88.0 cm³/mol. The summed E-state index contributed by atoms with van der Waals surface area (Å²) in [6.07, 6.45) is 2.55. The zero-order chi connectivity index (χ0) is 16.5. The van der Waals surface area contributed by atoms with Crippen molar-refractivity contribution in [1.29, 1.82) is 0 Å². The van der Waals surface area contributed by atoms with Gasteiger partial charge in [-0.25, -0.2) is 0 Å². The van der Waals surface area contributed by atoms with E-state index >= 15 is 0 Å². The van der Waals surface area contributed by atoms with Crippen molar-refractivity contribution in [1.82, 2.24) is 15.5 Å². The van der Waals surface area contributed by atoms with Gasteiger partial charge in [-0.1, -0.05) is 30.3 Å². The molecule has 2 aliphatic heterocycles. The Bertz CT molecular complexity index is 617. The molecule has 3 fully saturated rings. The largest absolute Gasteiger partial charge is 0.378 e. The smallest absolute Gasteiger partial charge is 0.312 e. The highest BCUT2D eigenvalue weighted by atomic mass is 16.5. The average Bonchev–Trinajstić information content (AvgIpc) is 3.42. The summed E-state index contributed by atoms with van der Waals surface area (Å²) >= 11 is 0. The summed E-state index contributed by atoms with van der Waals surface area (Å²) < 4.78 is 5.75. The zero-order valence-electron chi connectivity index (χ0n) is 13.6. The second-order valence-electron chi connectivity index (χ2n) is 6.98. The summed E-state index contributed by atoms with van der Waals surface area (Å²) in [4.78, 5) is 26.3. The van der Waals surface area contributed by atoms with Crippen LogP contribution in [0.2, 0.25) is 0 Å². The van der Waals surface area contributed by atoms with E-state index < -0.39 is 11.8 Å². The molecule has 0 spiro atoms. The zero-order valence-corrected chi connectivity index (χ0v) is 13.6. The van der Waals surface area contributed by atoms with Gasteiger partial charge in [0.1, 0.15) is 0 Å². The van der Waals surface area contributed by atoms with Crippen molar-refractivity contribution in [3.8, 4) is 0 Å². The summed E-state index contributed by atoms with van der Waals surface area (Å²) in [6, 6.07) is 9.62. The van der Waals surface area contributed by atoms with Gasteiger partial charge in [-0.2, -0.15) is 0 Å². The van der Waals surface area contributed by atoms with Crippen molar-refractivity contribution in [3.63, 3.8) is 0 Å². The second-order valence-corrected chi connectivity index (χ2v) is 6.98. The molecule has 2 unspecified atom stereocenters. The first-order valence-corrected chi connectivity index (χ1v) is 8.69. The van der Waals surface area contributed by atoms with Gasteiger partial charge >= 0.3 is 11.8 Å². The lowest BCUT2D eigenvalue weighted by atomic mass is 9.93. The molecule has 1 aromatic rings. The maximum atomic E-state index is 12.4. The maximum absolute atomic E-state index is 12.4. The predicted octanol–water partition coefficient (Wildman–Crippen LogP) is 0.281. The van der Waals surface area contributed by atoms with Gasteiger partial charge < -0.3 is 20.3 Å². The second kappa shape index (κ2) is 6.53. The Balaban J connectivity index is 1.51. The fraction of sp³-hybridized carbons (Fsp3) is 0.556. The Morgan fingerprint density at radius 3 is 2.71 bits per heavy atom. The van der Waals surface area contributed by atoms with Crippen LogP contribution in [-0.2, 0) is 20.9 Å². The topological polar surface area (TPSA) is 70.7 Å². The van der Waals surface area contributed by atoms with Gasteiger partial charge in [-0.05, 0) is 30.9 Å². The van der Waals surface area contributed by atoms with Crippen LogP contribution in [0.1, 0.15) is 18.4 Å². The number of nitrogens with one attached hydrogen (secondary N) is 2. The molecule has 2 N–H and O–H groups in total. The van der Waals surface area contributed by atoms with E-state index in [-0.39, 0.29) is 18.1 Å². The third-order valence-corrected chi connectivity index (χ3v) is 5.15. The lowest BCUT2D eigenvalue weighted by molar-refractivity contribution is -0.158. The van der Waals surface area contributed by atoms with Crippen LogP contribution in [0.4, 0.5) is 0 Å². The van der Waals surface area contributed by atoms with Gasteiger partial charge in [0.05, 0.1) is 31.3 Å². The van der Waals surface area contributed by atoms with Gasteiger partial charge in [-0.3, -0.25) is 9.59 Å². The molecule has 6 nitrogen and oxygen atoms in total. The first-order chi connectivity index (χ1) is 11.7. The van der Waals surface area contributed by atoms with Gasteiger partial charge in [0.2, 0.25) is 0 Å². The molecule has 0 bridgehead atoms. The van der Waals surface area contributed by atoms with E-state index in [1.54, 1.807) is 4.90 Å². The minimum absolute atomic E-state index is 0.0553. The van der Waals surface area contributed by atoms with Crippen LogP contribution in [0, 0.1) is 5.92 Å². The van der Waals surface area contributed by atoms with E-state index in [1.807, 2.05) is 30.3 Å². The van der Waals surface area contributed by atoms with E-state index in [9.17, 15) is 9.59 Å². The van der Waals surface area contributed by atoms with E-state index in [4.69, 9.17) is 4.74 Å². The van der Waals surface area contributed by atoms with Crippen LogP contribution in [0.25, 0.3) is 0 Å². The molecule has 2 heterocycles. The summed E-state index contributed by atoms with van der Waals surface area (Å²) in [5.74, 6) is -0.217. The molecule has 6 heteroatoms. The first kappa shape index (κ1) is 15.6. The normalized spacial score (nSPS) is 30.0. The van der Waals surface area contributed by atoms with Crippen LogP contribution in [0.3, 0.4) is 0 Å². The van der Waals surface area contributed by atoms with E-state index in [1.165, 1.54) is 12.8 Å². The number of piperazine rings is 1. The van der Waals surface area contributed by atoms with Crippen molar-refractivity contribution < 1.29 is 14.3 Å². The molecule has 3 atom stereocenters. The summed E-state index contributed by atoms with van der Waals surface area (Å²) in [6.45, 7) is 2.43. The van der Waals surface area contributed by atoms with Crippen LogP contribution in [0.15, 0.2) is 30.3 Å². The number of carbonyl (C=O) groups excluding carboxylic acids is 2. The Kier molecular flexibility index (Phi) is 4.24. The Hall–Kier alpha value is -1.92. The Morgan fingerprint density at radius 1 is 1.17 bits per heavy atom. The molecule has 3 aliphatic rings. The monoisotopic (exact) mass is 329 g/mol. The SMILES string of the molecule is O=C1NC2C(COC[C@@H]2NCC2CC2)N(Cc2ccccc2)C1=O. The molecule has 2 amide bonds. The van der Waals surface area contributed by atoms with E-state index in [0.29, 0.717) is 19.8 Å². The van der Waals surface area contributed by atoms with E-state index in [2.05, 4.69) is 10.6 Å². The minimum Gasteiger partial charge on any atom is -0.378 e. The van der Waals surface area contributed by atoms with Crippen molar-refractivity contribution >= 4 is 11.8 Å². The molecule has 128 valence electrons. The quantitative estimate of drug-likeness (QED) is 0.762. The molecular formula is C18H23N3O3. The number of hydrogen-bond acceptors (Lipinski definition) is 4. The minimum atomic E-state index is -0.507. The lowest BCUT2D eigenvalue weighted by Gasteiger charge is -2.47. The number of benzene rings is 1. The molecule has 4 rings (SSSR count). The number of rotatable bonds is 5. The summed E-state index contributed by atoms with van der Waals surface area (Å²) in [5, 5.41) is 6.43. The number of ether oxygens (including phenoxy) is 1. The van der Waals surface area contributed by atoms with Crippen molar-refractivity contribution in [2.45, 2.75) is 37.5 Å². The molecule has 1 aromatic carbocycles. The molecule has 1 aliphatic carbocycles. The van der Waals surface area contributed by atoms with E-state index in [0.717, 1.165) is 18.0 Å². The fourth-order valence-electron chi connectivity index (χ4n) is 3.56. The molecule has 0 aromatic heterocycles. The van der Waals surface area contributed by atoms with Gasteiger partial charge in [0, 0.05) is 6.54 Å². The van der Waals surface area contributed by atoms with Gasteiger partial charge in [-0.15, -0.1) is 0 Å². The van der Waals surface area contributed by atoms with Crippen LogP contribution in [0.5, 0.6) is 0 Å². The third kappa shape index (κ3) is 3.16. The number of hydrogen-bond donors (Lipinski definition) is 2. The number of carbonyl (C=O) groups is 2. The van der Waals surface area contributed by atoms with Crippen molar-refractivity contribution in [2.24, 2.45) is 5.92 Å². The average molecular weight is 329 g/mol. The highest BCUT2D eigenvalue weighted by Gasteiger charge is 2.46. The molecular weight excluding hydrogens is 306 g/mol. The van der Waals surface area contributed by atoms with Crippen LogP contribution in [-0.4, -0.2) is 54.6 Å². The van der Waals surface area contributed by atoms with Crippen LogP contribution >= 0.6 is 0 Å². The molecule has 24 heavy (non-hydrogen) atoms. The molecule has 0 radical (unpaired) electrons. The number of amides is 2. The standard InChI is InChI=1S/C18H23N3O3/c22-17-18(23)21(9-13-4-2-1-3-5-13)15-11-24-10-14(16(15)20-17)19-8-12-6-7-12/h1-5,12,14-16,19H,6-11H2,(H,20,22)/t14-,15?,16?/m0/s1. The maximum Gasteiger partial charge on any atom is 0.312 e. The fourth-order valence-corrected chi connectivity index (χ4v) is 3.56. The highest BCUT2D eigenvalue weighted by molar-refractivity contribution is 6.35. The Morgan fingerprint density at radius 2 is 1.96 bits per heavy atom. The van der Waals surface area contributed by atoms with Crippen molar-refractivity contribution in [3.05, 3.63) is 35.9 Å². The van der Waals surface area contributed by atoms with Crippen molar-refractivity contribution in [2.75, 3.05) is 19.8 Å². The highest BCUT2D eigenvalue weighted by Crippen LogP contribution is 2.28. The molecule has 2 saturated heterocycles. The van der Waals surface area contributed by atoms with Gasteiger partial charge in [0.15, 0.2) is 0 Å². The summed E-state index contributed by atoms with van der Waals surface area (Å²) in [5.41, 5.74) is 1.02. The molecule has 1 saturated carbocycles. The Labute approximate surface area is 141 Å². The number of fused-ring (bicyclic) bond motifs is 1. The summed E-state index contributed by atoms with van der Waals surface area (Å²) in [7, 11) is 0. The van der Waals surface area contributed by atoms with Crippen LogP contribution < -0.4 is 10.6 Å². The van der Waals surface area contributed by atoms with Gasteiger partial charge in [0.25, 0.3) is 0 Å². The number of nitrogens with zero attached hydrogens (tertiary/aromatic N) is 1.